The number of rotatable bonds is 5. The summed E-state index contributed by atoms with van der Waals surface area (Å²) in [5.41, 5.74) is 0.271. The molecule has 0 saturated carbocycles. The van der Waals surface area contributed by atoms with Crippen molar-refractivity contribution in [2.45, 2.75) is 4.90 Å². The van der Waals surface area contributed by atoms with Gasteiger partial charge in [0.1, 0.15) is 5.82 Å². The van der Waals surface area contributed by atoms with Gasteiger partial charge in [-0.1, -0.05) is 11.6 Å². The lowest BCUT2D eigenvalue weighted by Crippen LogP contribution is -2.21. The molecule has 2 aromatic carbocycles. The second kappa shape index (κ2) is 7.99. The molecule has 0 heterocycles. The van der Waals surface area contributed by atoms with Gasteiger partial charge in [0.2, 0.25) is 0 Å². The zero-order valence-corrected chi connectivity index (χ0v) is 13.7. The Bertz CT molecular complexity index is 722. The molecule has 0 aliphatic heterocycles. The van der Waals surface area contributed by atoms with Gasteiger partial charge in [-0.3, -0.25) is 4.79 Å². The van der Waals surface area contributed by atoms with Crippen molar-refractivity contribution in [3.05, 3.63) is 58.9 Å². The molecule has 2 aromatic rings. The number of hydrogen-bond acceptors (Lipinski definition) is 4. The molecule has 0 aromatic heterocycles. The van der Waals surface area contributed by atoms with E-state index in [1.165, 1.54) is 6.07 Å². The van der Waals surface area contributed by atoms with Crippen molar-refractivity contribution in [2.24, 2.45) is 0 Å². The van der Waals surface area contributed by atoms with Gasteiger partial charge in [0.25, 0.3) is 5.91 Å². The fourth-order valence-electron chi connectivity index (χ4n) is 1.73. The number of carbonyl (C=O) groups is 2. The van der Waals surface area contributed by atoms with Crippen molar-refractivity contribution >= 4 is 40.9 Å². The van der Waals surface area contributed by atoms with Crippen molar-refractivity contribution in [3.63, 3.8) is 0 Å². The first-order valence-electron chi connectivity index (χ1n) is 6.55. The van der Waals surface area contributed by atoms with E-state index in [1.54, 1.807) is 23.9 Å². The van der Waals surface area contributed by atoms with Crippen LogP contribution in [0.4, 0.5) is 10.1 Å². The van der Waals surface area contributed by atoms with Crippen LogP contribution in [-0.2, 0) is 9.53 Å². The number of carbonyl (C=O) groups excluding carboxylic acids is 2. The fraction of sp³-hybridized carbons (Fsp3) is 0.125. The molecule has 0 spiro atoms. The molecule has 0 aliphatic carbocycles. The van der Waals surface area contributed by atoms with Crippen LogP contribution in [0, 0.1) is 5.82 Å². The first kappa shape index (κ1) is 17.3. The van der Waals surface area contributed by atoms with Gasteiger partial charge in [0.05, 0.1) is 5.56 Å². The predicted molar refractivity (Wildman–Crippen MR) is 88.5 cm³/mol. The summed E-state index contributed by atoms with van der Waals surface area (Å²) in [7, 11) is 0. The number of esters is 1. The lowest BCUT2D eigenvalue weighted by molar-refractivity contribution is -0.119. The Morgan fingerprint density at radius 3 is 2.57 bits per heavy atom. The number of amides is 1. The molecule has 0 radical (unpaired) electrons. The smallest absolute Gasteiger partial charge is 0.341 e. The Kier molecular flexibility index (Phi) is 6.01. The van der Waals surface area contributed by atoms with E-state index in [9.17, 15) is 14.0 Å². The van der Waals surface area contributed by atoms with Crippen molar-refractivity contribution < 1.29 is 18.7 Å². The summed E-state index contributed by atoms with van der Waals surface area (Å²) in [5, 5.41) is 2.79. The number of hydrogen-bond donors (Lipinski definition) is 1. The standard InChI is InChI=1S/C16H13ClFNO3S/c1-23-12-5-3-11(4-6-12)19-15(20)9-22-16(21)13-8-10(17)2-7-14(13)18/h2-8H,9H2,1H3,(H,19,20). The van der Waals surface area contributed by atoms with Gasteiger partial charge in [-0.15, -0.1) is 11.8 Å². The summed E-state index contributed by atoms with van der Waals surface area (Å²) < 4.78 is 18.3. The van der Waals surface area contributed by atoms with Crippen LogP contribution in [-0.4, -0.2) is 24.7 Å². The third-order valence-electron chi connectivity index (χ3n) is 2.86. The topological polar surface area (TPSA) is 55.4 Å². The Labute approximate surface area is 142 Å². The number of ether oxygens (including phenoxy) is 1. The van der Waals surface area contributed by atoms with Gasteiger partial charge in [-0.2, -0.15) is 0 Å². The minimum absolute atomic E-state index is 0.205. The molecule has 0 fully saturated rings. The van der Waals surface area contributed by atoms with Crippen LogP contribution in [0.2, 0.25) is 5.02 Å². The summed E-state index contributed by atoms with van der Waals surface area (Å²) in [4.78, 5) is 24.6. The van der Waals surface area contributed by atoms with E-state index in [0.717, 1.165) is 17.0 Å². The lowest BCUT2D eigenvalue weighted by atomic mass is 10.2. The van der Waals surface area contributed by atoms with E-state index < -0.39 is 24.3 Å². The first-order chi connectivity index (χ1) is 11.0. The summed E-state index contributed by atoms with van der Waals surface area (Å²) >= 11 is 7.28. The fourth-order valence-corrected chi connectivity index (χ4v) is 2.31. The largest absolute Gasteiger partial charge is 0.452 e. The van der Waals surface area contributed by atoms with Gasteiger partial charge in [-0.05, 0) is 48.7 Å². The van der Waals surface area contributed by atoms with Crippen LogP contribution in [0.5, 0.6) is 0 Å². The van der Waals surface area contributed by atoms with Gasteiger partial charge in [0.15, 0.2) is 6.61 Å². The molecule has 0 atom stereocenters. The van der Waals surface area contributed by atoms with E-state index in [2.05, 4.69) is 5.32 Å². The minimum atomic E-state index is -0.946. The summed E-state index contributed by atoms with van der Waals surface area (Å²) in [6, 6.07) is 10.7. The van der Waals surface area contributed by atoms with Crippen LogP contribution < -0.4 is 5.32 Å². The molecule has 7 heteroatoms. The zero-order valence-electron chi connectivity index (χ0n) is 12.1. The van der Waals surface area contributed by atoms with Crippen LogP contribution >= 0.6 is 23.4 Å². The van der Waals surface area contributed by atoms with Crippen LogP contribution in [0.3, 0.4) is 0 Å². The Balaban J connectivity index is 1.90. The van der Waals surface area contributed by atoms with Crippen molar-refractivity contribution in [1.82, 2.24) is 0 Å². The highest BCUT2D eigenvalue weighted by Crippen LogP contribution is 2.18. The monoisotopic (exact) mass is 353 g/mol. The lowest BCUT2D eigenvalue weighted by Gasteiger charge is -2.08. The Hall–Kier alpha value is -2.05. The average molecular weight is 354 g/mol. The number of anilines is 1. The van der Waals surface area contributed by atoms with Crippen molar-refractivity contribution in [2.75, 3.05) is 18.2 Å². The third kappa shape index (κ3) is 4.97. The maximum Gasteiger partial charge on any atom is 0.341 e. The molecule has 0 saturated heterocycles. The highest BCUT2D eigenvalue weighted by molar-refractivity contribution is 7.98. The third-order valence-corrected chi connectivity index (χ3v) is 3.84. The van der Waals surface area contributed by atoms with Gasteiger partial charge in [-0.25, -0.2) is 9.18 Å². The molecule has 0 aliphatic rings. The van der Waals surface area contributed by atoms with Crippen LogP contribution in [0.15, 0.2) is 47.4 Å². The number of halogens is 2. The predicted octanol–water partition coefficient (Wildman–Crippen LogP) is 4.00. The normalized spacial score (nSPS) is 10.2. The Morgan fingerprint density at radius 1 is 1.22 bits per heavy atom. The highest BCUT2D eigenvalue weighted by Gasteiger charge is 2.15. The van der Waals surface area contributed by atoms with Gasteiger partial charge in [0, 0.05) is 15.6 Å². The zero-order chi connectivity index (χ0) is 16.8. The average Bonchev–Trinajstić information content (AvgIpc) is 2.55. The molecule has 2 rings (SSSR count). The van der Waals surface area contributed by atoms with E-state index in [0.29, 0.717) is 5.69 Å². The number of benzene rings is 2. The van der Waals surface area contributed by atoms with E-state index in [4.69, 9.17) is 16.3 Å². The molecular weight excluding hydrogens is 341 g/mol. The SMILES string of the molecule is CSc1ccc(NC(=O)COC(=O)c2cc(Cl)ccc2F)cc1. The highest BCUT2D eigenvalue weighted by atomic mass is 35.5. The first-order valence-corrected chi connectivity index (χ1v) is 8.16. The maximum atomic E-state index is 13.5. The van der Waals surface area contributed by atoms with Crippen LogP contribution in [0.25, 0.3) is 0 Å². The van der Waals surface area contributed by atoms with E-state index in [1.807, 2.05) is 18.4 Å². The summed E-state index contributed by atoms with van der Waals surface area (Å²) in [6.45, 7) is -0.519. The molecular formula is C16H13ClFNO3S. The minimum Gasteiger partial charge on any atom is -0.452 e. The molecule has 0 bridgehead atoms. The summed E-state index contributed by atoms with van der Waals surface area (Å²) in [5.74, 6) is -2.22. The van der Waals surface area contributed by atoms with Crippen molar-refractivity contribution in [3.8, 4) is 0 Å². The maximum absolute atomic E-state index is 13.5. The molecule has 1 N–H and O–H groups in total. The second-order valence-corrected chi connectivity index (χ2v) is 5.79. The molecule has 120 valence electrons. The van der Waals surface area contributed by atoms with E-state index in [-0.39, 0.29) is 10.6 Å². The summed E-state index contributed by atoms with van der Waals surface area (Å²) in [6.07, 6.45) is 1.95. The van der Waals surface area contributed by atoms with Crippen molar-refractivity contribution in [1.29, 1.82) is 0 Å². The molecule has 1 amide bonds. The quantitative estimate of drug-likeness (QED) is 0.652. The van der Waals surface area contributed by atoms with Gasteiger partial charge >= 0.3 is 5.97 Å². The van der Waals surface area contributed by atoms with Gasteiger partial charge < -0.3 is 10.1 Å². The molecule has 23 heavy (non-hydrogen) atoms. The number of thioether (sulfide) groups is 1. The van der Waals surface area contributed by atoms with E-state index >= 15 is 0 Å². The molecule has 4 nitrogen and oxygen atoms in total. The van der Waals surface area contributed by atoms with Crippen LogP contribution in [0.1, 0.15) is 10.4 Å². The number of nitrogens with one attached hydrogen (secondary N) is 1. The molecule has 0 unspecified atom stereocenters. The second-order valence-electron chi connectivity index (χ2n) is 4.48. The Morgan fingerprint density at radius 2 is 1.91 bits per heavy atom.